The van der Waals surface area contributed by atoms with Crippen molar-refractivity contribution in [2.75, 3.05) is 19.6 Å². The van der Waals surface area contributed by atoms with Crippen LogP contribution in [0.4, 0.5) is 0 Å². The second-order valence-electron chi connectivity index (χ2n) is 5.92. The van der Waals surface area contributed by atoms with Crippen molar-refractivity contribution < 1.29 is 14.5 Å². The predicted molar refractivity (Wildman–Crippen MR) is 85.4 cm³/mol. The summed E-state index contributed by atoms with van der Waals surface area (Å²) in [6.07, 6.45) is 2.31. The summed E-state index contributed by atoms with van der Waals surface area (Å²) in [6, 6.07) is 9.89. The maximum absolute atomic E-state index is 12.0. The van der Waals surface area contributed by atoms with Crippen LogP contribution in [-0.4, -0.2) is 37.5 Å². The second-order valence-corrected chi connectivity index (χ2v) is 5.92. The van der Waals surface area contributed by atoms with Gasteiger partial charge in [0.25, 0.3) is 0 Å². The lowest BCUT2D eigenvalue weighted by Crippen LogP contribution is -3.14. The largest absolute Gasteiger partial charge is 0.342 e. The third kappa shape index (κ3) is 4.31. The van der Waals surface area contributed by atoms with Gasteiger partial charge in [0, 0.05) is 12.8 Å². The maximum Gasteiger partial charge on any atom is 0.309 e. The van der Waals surface area contributed by atoms with Crippen molar-refractivity contribution in [3.05, 3.63) is 35.9 Å². The number of hydrogen-bond acceptors (Lipinski definition) is 2. The summed E-state index contributed by atoms with van der Waals surface area (Å²) >= 11 is 0. The number of quaternary nitrogens is 1. The first-order valence-electron chi connectivity index (χ1n) is 8.10. The minimum atomic E-state index is -0.563. The zero-order chi connectivity index (χ0) is 15.9. The van der Waals surface area contributed by atoms with Gasteiger partial charge in [-0.25, -0.2) is 0 Å². The van der Waals surface area contributed by atoms with E-state index in [-0.39, 0.29) is 6.04 Å². The quantitative estimate of drug-likeness (QED) is 0.673. The number of hydrogen-bond donors (Lipinski definition) is 3. The van der Waals surface area contributed by atoms with Gasteiger partial charge >= 0.3 is 11.8 Å². The van der Waals surface area contributed by atoms with E-state index in [2.05, 4.69) is 17.6 Å². The van der Waals surface area contributed by atoms with Crippen LogP contribution in [0.25, 0.3) is 0 Å². The molecule has 1 aromatic carbocycles. The van der Waals surface area contributed by atoms with Crippen LogP contribution in [0.5, 0.6) is 0 Å². The molecule has 3 atom stereocenters. The highest BCUT2D eigenvalue weighted by Gasteiger charge is 2.28. The van der Waals surface area contributed by atoms with Crippen molar-refractivity contribution in [3.63, 3.8) is 0 Å². The average molecular weight is 304 g/mol. The molecule has 1 unspecified atom stereocenters. The van der Waals surface area contributed by atoms with Crippen molar-refractivity contribution in [2.24, 2.45) is 0 Å². The van der Waals surface area contributed by atoms with Gasteiger partial charge in [0.05, 0.1) is 25.7 Å². The van der Waals surface area contributed by atoms with Gasteiger partial charge in [-0.3, -0.25) is 9.59 Å². The van der Waals surface area contributed by atoms with Crippen LogP contribution in [0.3, 0.4) is 0 Å². The lowest BCUT2D eigenvalue weighted by molar-refractivity contribution is -0.909. The highest BCUT2D eigenvalue weighted by Crippen LogP contribution is 2.10. The smallest absolute Gasteiger partial charge is 0.309 e. The molecule has 1 saturated heterocycles. The van der Waals surface area contributed by atoms with Gasteiger partial charge in [0.2, 0.25) is 0 Å². The number of carbonyl (C=O) groups excluding carboxylic acids is 2. The Labute approximate surface area is 132 Å². The third-order valence-corrected chi connectivity index (χ3v) is 4.44. The summed E-state index contributed by atoms with van der Waals surface area (Å²) in [5.41, 5.74) is 0.987. The molecule has 0 saturated carbocycles. The molecule has 22 heavy (non-hydrogen) atoms. The zero-order valence-electron chi connectivity index (χ0n) is 13.4. The minimum absolute atomic E-state index is 0.177. The van der Waals surface area contributed by atoms with E-state index in [4.69, 9.17) is 0 Å². The maximum atomic E-state index is 12.0. The van der Waals surface area contributed by atoms with E-state index in [1.807, 2.05) is 37.3 Å². The first kappa shape index (κ1) is 16.5. The Morgan fingerprint density at radius 1 is 1.27 bits per heavy atom. The molecule has 0 bridgehead atoms. The molecule has 1 aliphatic rings. The topological polar surface area (TPSA) is 62.6 Å². The van der Waals surface area contributed by atoms with Gasteiger partial charge < -0.3 is 15.5 Å². The summed E-state index contributed by atoms with van der Waals surface area (Å²) in [4.78, 5) is 25.4. The predicted octanol–water partition coefficient (Wildman–Crippen LogP) is 0.0472. The third-order valence-electron chi connectivity index (χ3n) is 4.44. The highest BCUT2D eigenvalue weighted by atomic mass is 16.2. The van der Waals surface area contributed by atoms with E-state index in [1.54, 1.807) is 0 Å². The molecule has 120 valence electrons. The van der Waals surface area contributed by atoms with Crippen LogP contribution in [0.2, 0.25) is 0 Å². The first-order chi connectivity index (χ1) is 10.6. The lowest BCUT2D eigenvalue weighted by Gasteiger charge is -2.20. The number of likely N-dealkylation sites (tertiary alicyclic amines) is 1. The molecule has 5 nitrogen and oxygen atoms in total. The Morgan fingerprint density at radius 3 is 2.68 bits per heavy atom. The van der Waals surface area contributed by atoms with Crippen molar-refractivity contribution in [3.8, 4) is 0 Å². The van der Waals surface area contributed by atoms with E-state index < -0.39 is 11.8 Å². The Kier molecular flexibility index (Phi) is 5.95. The lowest BCUT2D eigenvalue weighted by atomic mass is 10.1. The fourth-order valence-electron chi connectivity index (χ4n) is 3.08. The number of rotatable bonds is 5. The molecule has 1 aromatic rings. The molecule has 0 aromatic heterocycles. The molecule has 2 amide bonds. The molecule has 0 spiro atoms. The molecule has 0 aliphatic carbocycles. The standard InChI is InChI=1S/C17H25N3O2/c1-3-20-11-7-10-15(20)12-18-16(21)17(22)19-13(2)14-8-5-4-6-9-14/h4-6,8-9,13,15H,3,7,10-12H2,1-2H3,(H,18,21)(H,19,22)/p+1/t13-,15-/m0/s1. The van der Waals surface area contributed by atoms with Crippen molar-refractivity contribution in [1.82, 2.24) is 10.6 Å². The van der Waals surface area contributed by atoms with E-state index in [0.29, 0.717) is 12.6 Å². The van der Waals surface area contributed by atoms with Crippen molar-refractivity contribution >= 4 is 11.8 Å². The van der Waals surface area contributed by atoms with Crippen molar-refractivity contribution in [1.29, 1.82) is 0 Å². The van der Waals surface area contributed by atoms with Gasteiger partial charge in [-0.15, -0.1) is 0 Å². The van der Waals surface area contributed by atoms with E-state index >= 15 is 0 Å². The van der Waals surface area contributed by atoms with Gasteiger partial charge in [-0.05, 0) is 19.4 Å². The monoisotopic (exact) mass is 304 g/mol. The summed E-state index contributed by atoms with van der Waals surface area (Å²) in [6.45, 7) is 6.84. The highest BCUT2D eigenvalue weighted by molar-refractivity contribution is 6.35. The van der Waals surface area contributed by atoms with E-state index in [1.165, 1.54) is 11.3 Å². The molecular formula is C17H26N3O2+. The van der Waals surface area contributed by atoms with Crippen molar-refractivity contribution in [2.45, 2.75) is 38.8 Å². The minimum Gasteiger partial charge on any atom is -0.342 e. The van der Waals surface area contributed by atoms with Gasteiger partial charge in [-0.1, -0.05) is 30.3 Å². The molecule has 1 heterocycles. The Bertz CT molecular complexity index is 504. The van der Waals surface area contributed by atoms with Crippen LogP contribution < -0.4 is 15.5 Å². The number of nitrogens with one attached hydrogen (secondary N) is 3. The van der Waals surface area contributed by atoms with E-state index in [9.17, 15) is 9.59 Å². The van der Waals surface area contributed by atoms with Gasteiger partial charge in [-0.2, -0.15) is 0 Å². The van der Waals surface area contributed by atoms with Crippen LogP contribution in [0.15, 0.2) is 30.3 Å². The SMILES string of the molecule is CC[NH+]1CCC[C@H]1CNC(=O)C(=O)N[C@@H](C)c1ccccc1. The summed E-state index contributed by atoms with van der Waals surface area (Å²) < 4.78 is 0. The molecule has 1 aliphatic heterocycles. The van der Waals surface area contributed by atoms with Crippen LogP contribution in [0.1, 0.15) is 38.3 Å². The molecule has 3 N–H and O–H groups in total. The second kappa shape index (κ2) is 7.94. The molecular weight excluding hydrogens is 278 g/mol. The normalized spacial score (nSPS) is 22.1. The average Bonchev–Trinajstić information content (AvgIpc) is 3.00. The summed E-state index contributed by atoms with van der Waals surface area (Å²) in [5.74, 6) is -1.10. The van der Waals surface area contributed by atoms with Crippen LogP contribution >= 0.6 is 0 Å². The molecule has 2 rings (SSSR count). The molecule has 5 heteroatoms. The Balaban J connectivity index is 1.78. The summed E-state index contributed by atoms with van der Waals surface area (Å²) in [7, 11) is 0. The van der Waals surface area contributed by atoms with E-state index in [0.717, 1.165) is 25.1 Å². The Morgan fingerprint density at radius 2 is 2.00 bits per heavy atom. The van der Waals surface area contributed by atoms with Gasteiger partial charge in [0.15, 0.2) is 0 Å². The number of amides is 2. The fourth-order valence-corrected chi connectivity index (χ4v) is 3.08. The number of likely N-dealkylation sites (N-methyl/N-ethyl adjacent to an activating group) is 1. The van der Waals surface area contributed by atoms with Crippen LogP contribution in [0, 0.1) is 0 Å². The fraction of sp³-hybridized carbons (Fsp3) is 0.529. The van der Waals surface area contributed by atoms with Gasteiger partial charge in [0.1, 0.15) is 6.04 Å². The van der Waals surface area contributed by atoms with Crippen LogP contribution in [-0.2, 0) is 9.59 Å². The molecule has 0 radical (unpaired) electrons. The number of carbonyl (C=O) groups is 2. The Hall–Kier alpha value is -1.88. The molecule has 1 fully saturated rings. The zero-order valence-corrected chi connectivity index (χ0v) is 13.4. The number of benzene rings is 1. The first-order valence-corrected chi connectivity index (χ1v) is 8.10. The summed E-state index contributed by atoms with van der Waals surface area (Å²) in [5, 5.41) is 5.51.